The van der Waals surface area contributed by atoms with E-state index in [0.717, 1.165) is 4.57 Å². The quantitative estimate of drug-likeness (QED) is 0.220. The zero-order valence-corrected chi connectivity index (χ0v) is 22.0. The average molecular weight is 565 g/mol. The van der Waals surface area contributed by atoms with Crippen molar-refractivity contribution in [3.8, 4) is 5.75 Å². The number of hydrogen-bond acceptors (Lipinski definition) is 10. The topological polar surface area (TPSA) is 164 Å². The van der Waals surface area contributed by atoms with Gasteiger partial charge in [0, 0.05) is 6.20 Å². The summed E-state index contributed by atoms with van der Waals surface area (Å²) >= 11 is 12.6. The minimum atomic E-state index is -4.25. The van der Waals surface area contributed by atoms with Crippen LogP contribution < -0.4 is 21.0 Å². The maximum atomic E-state index is 13.6. The van der Waals surface area contributed by atoms with Crippen LogP contribution in [0.15, 0.2) is 47.4 Å². The van der Waals surface area contributed by atoms with Gasteiger partial charge in [0.15, 0.2) is 10.6 Å². The predicted octanol–water partition coefficient (Wildman–Crippen LogP) is 2.39. The molecule has 0 amide bonds. The van der Waals surface area contributed by atoms with E-state index in [-0.39, 0.29) is 11.6 Å². The highest BCUT2D eigenvalue weighted by atomic mass is 35.5. The van der Waals surface area contributed by atoms with Crippen LogP contribution in [0.25, 0.3) is 0 Å². The number of nitrogens with zero attached hydrogens (tertiary/aromatic N) is 2. The number of nitrogen functional groups attached to an aromatic ring is 1. The molecule has 1 aliphatic heterocycles. The van der Waals surface area contributed by atoms with Gasteiger partial charge in [-0.25, -0.2) is 9.36 Å². The van der Waals surface area contributed by atoms with Gasteiger partial charge in [0.1, 0.15) is 29.8 Å². The summed E-state index contributed by atoms with van der Waals surface area (Å²) in [5.74, 6) is -0.523. The first-order chi connectivity index (χ1) is 16.8. The molecule has 0 radical (unpaired) electrons. The number of aliphatic hydroxyl groups excluding tert-OH is 1. The highest BCUT2D eigenvalue weighted by molar-refractivity contribution is 7.52. The fourth-order valence-electron chi connectivity index (χ4n) is 3.22. The van der Waals surface area contributed by atoms with Crippen molar-refractivity contribution < 1.29 is 33.0 Å². The van der Waals surface area contributed by atoms with Crippen molar-refractivity contribution in [2.45, 2.75) is 55.7 Å². The SMILES string of the molecule is CC(C)OC(=O)C(C)NP(=O)(OC[C@H]1O[C@@H](n2ccc(N)nc2=O)C(Cl)(Cl)[C@@H]1O)Oc1ccccc1. The van der Waals surface area contributed by atoms with Crippen LogP contribution in [0.5, 0.6) is 5.75 Å². The number of carbonyl (C=O) groups excluding carboxylic acids is 1. The van der Waals surface area contributed by atoms with Gasteiger partial charge in [0.05, 0.1) is 12.7 Å². The molecule has 12 nitrogen and oxygen atoms in total. The van der Waals surface area contributed by atoms with E-state index >= 15 is 0 Å². The number of aliphatic hydroxyl groups is 1. The number of nitrogens with one attached hydrogen (secondary N) is 1. The van der Waals surface area contributed by atoms with E-state index < -0.39 is 60.9 Å². The molecule has 5 atom stereocenters. The van der Waals surface area contributed by atoms with Gasteiger partial charge in [-0.3, -0.25) is 13.9 Å². The highest BCUT2D eigenvalue weighted by Gasteiger charge is 2.56. The number of para-hydroxylation sites is 1. The van der Waals surface area contributed by atoms with Crippen LogP contribution in [-0.4, -0.2) is 55.9 Å². The number of alkyl halides is 2. The Morgan fingerprint density at radius 2 is 1.97 bits per heavy atom. The third-order valence-electron chi connectivity index (χ3n) is 4.92. The monoisotopic (exact) mass is 564 g/mol. The molecule has 1 fully saturated rings. The number of carbonyl (C=O) groups is 1. The Morgan fingerprint density at radius 3 is 2.58 bits per heavy atom. The number of esters is 1. The summed E-state index contributed by atoms with van der Waals surface area (Å²) in [6.45, 7) is 4.22. The molecule has 15 heteroatoms. The van der Waals surface area contributed by atoms with Gasteiger partial charge in [-0.05, 0) is 39.0 Å². The fourth-order valence-corrected chi connectivity index (χ4v) is 5.31. The molecule has 198 valence electrons. The average Bonchev–Trinajstić information content (AvgIpc) is 3.01. The van der Waals surface area contributed by atoms with E-state index in [1.165, 1.54) is 31.3 Å². The number of aromatic nitrogens is 2. The molecule has 0 bridgehead atoms. The van der Waals surface area contributed by atoms with E-state index in [2.05, 4.69) is 10.1 Å². The normalized spacial score (nSPS) is 23.7. The lowest BCUT2D eigenvalue weighted by molar-refractivity contribution is -0.149. The third kappa shape index (κ3) is 6.77. The van der Waals surface area contributed by atoms with Crippen LogP contribution in [0, 0.1) is 0 Å². The second kappa shape index (κ2) is 11.5. The van der Waals surface area contributed by atoms with Gasteiger partial charge in [-0.15, -0.1) is 0 Å². The summed E-state index contributed by atoms with van der Waals surface area (Å²) in [4.78, 5) is 28.1. The minimum Gasteiger partial charge on any atom is -0.462 e. The highest BCUT2D eigenvalue weighted by Crippen LogP contribution is 2.49. The largest absolute Gasteiger partial charge is 0.462 e. The van der Waals surface area contributed by atoms with Crippen molar-refractivity contribution in [3.05, 3.63) is 53.1 Å². The fraction of sp³-hybridized carbons (Fsp3) is 0.476. The summed E-state index contributed by atoms with van der Waals surface area (Å²) in [7, 11) is -4.25. The number of benzene rings is 1. The number of anilines is 1. The molecule has 0 spiro atoms. The van der Waals surface area contributed by atoms with Gasteiger partial charge in [0.25, 0.3) is 0 Å². The Balaban J connectivity index is 1.79. The van der Waals surface area contributed by atoms with Crippen LogP contribution in [0.4, 0.5) is 5.82 Å². The molecule has 4 N–H and O–H groups in total. The van der Waals surface area contributed by atoms with E-state index in [1.807, 2.05) is 0 Å². The van der Waals surface area contributed by atoms with Crippen molar-refractivity contribution in [1.82, 2.24) is 14.6 Å². The number of ether oxygens (including phenoxy) is 2. The van der Waals surface area contributed by atoms with Crippen molar-refractivity contribution in [1.29, 1.82) is 0 Å². The number of rotatable bonds is 10. The zero-order chi connectivity index (χ0) is 26.7. The van der Waals surface area contributed by atoms with Gasteiger partial charge in [0.2, 0.25) is 0 Å². The molecular formula is C21H27Cl2N4O8P. The molecule has 36 heavy (non-hydrogen) atoms. The first kappa shape index (κ1) is 28.4. The van der Waals surface area contributed by atoms with Crippen LogP contribution in [-0.2, 0) is 23.4 Å². The van der Waals surface area contributed by atoms with Gasteiger partial charge >= 0.3 is 19.4 Å². The summed E-state index contributed by atoms with van der Waals surface area (Å²) < 4.78 is 34.5. The summed E-state index contributed by atoms with van der Waals surface area (Å²) in [6, 6.07) is 8.35. The molecule has 1 aliphatic rings. The van der Waals surface area contributed by atoms with E-state index in [9.17, 15) is 19.3 Å². The molecule has 2 unspecified atom stereocenters. The molecule has 1 saturated heterocycles. The lowest BCUT2D eigenvalue weighted by atomic mass is 10.2. The number of hydrogen-bond donors (Lipinski definition) is 3. The Morgan fingerprint density at radius 1 is 1.31 bits per heavy atom. The molecule has 0 aliphatic carbocycles. The van der Waals surface area contributed by atoms with Crippen molar-refractivity contribution in [3.63, 3.8) is 0 Å². The zero-order valence-electron chi connectivity index (χ0n) is 19.6. The lowest BCUT2D eigenvalue weighted by Gasteiger charge is -2.25. The minimum absolute atomic E-state index is 0.0281. The summed E-state index contributed by atoms with van der Waals surface area (Å²) in [5.41, 5.74) is 4.70. The summed E-state index contributed by atoms with van der Waals surface area (Å²) in [6.07, 6.45) is -3.33. The maximum Gasteiger partial charge on any atom is 0.459 e. The molecule has 1 aromatic carbocycles. The maximum absolute atomic E-state index is 13.6. The van der Waals surface area contributed by atoms with E-state index in [0.29, 0.717) is 0 Å². The molecule has 0 saturated carbocycles. The first-order valence-corrected chi connectivity index (χ1v) is 13.2. The second-order valence-electron chi connectivity index (χ2n) is 8.22. The Bertz CT molecular complexity index is 1170. The molecule has 3 rings (SSSR count). The second-order valence-corrected chi connectivity index (χ2v) is 11.4. The molecule has 2 aromatic rings. The molecule has 1 aromatic heterocycles. The molecule has 2 heterocycles. The van der Waals surface area contributed by atoms with Crippen LogP contribution in [0.2, 0.25) is 0 Å². The van der Waals surface area contributed by atoms with Crippen molar-refractivity contribution >= 4 is 42.7 Å². The smallest absolute Gasteiger partial charge is 0.459 e. The predicted molar refractivity (Wildman–Crippen MR) is 132 cm³/mol. The Kier molecular flexibility index (Phi) is 9.05. The van der Waals surface area contributed by atoms with E-state index in [1.54, 1.807) is 32.0 Å². The number of halogens is 2. The third-order valence-corrected chi connectivity index (χ3v) is 7.38. The first-order valence-electron chi connectivity index (χ1n) is 10.9. The van der Waals surface area contributed by atoms with Crippen molar-refractivity contribution in [2.75, 3.05) is 12.3 Å². The van der Waals surface area contributed by atoms with E-state index in [4.69, 9.17) is 47.5 Å². The van der Waals surface area contributed by atoms with Gasteiger partial charge < -0.3 is 24.8 Å². The standard InChI is InChI=1S/C21H27Cl2N4O8P/c1-12(2)33-18(29)13(3)26-36(31,35-14-7-5-4-6-8-14)32-11-15-17(28)21(22,23)19(34-15)27-10-9-16(24)25-20(27)30/h4-10,12-13,15,17,19,28H,11H2,1-3H3,(H,26,31)(H2,24,25,30)/t13?,15-,17-,19-,36?/m1/s1. The van der Waals surface area contributed by atoms with Gasteiger partial charge in [-0.2, -0.15) is 10.1 Å². The van der Waals surface area contributed by atoms with Crippen LogP contribution in [0.3, 0.4) is 0 Å². The van der Waals surface area contributed by atoms with Crippen LogP contribution in [0.1, 0.15) is 27.0 Å². The molecular weight excluding hydrogens is 538 g/mol. The van der Waals surface area contributed by atoms with Gasteiger partial charge in [-0.1, -0.05) is 41.4 Å². The lowest BCUT2D eigenvalue weighted by Crippen LogP contribution is -2.40. The van der Waals surface area contributed by atoms with Crippen LogP contribution >= 0.6 is 30.9 Å². The Hall–Kier alpha value is -2.18. The number of nitrogens with two attached hydrogens (primary N) is 1. The summed E-state index contributed by atoms with van der Waals surface area (Å²) in [5, 5.41) is 13.2. The Labute approximate surface area is 217 Å². The van der Waals surface area contributed by atoms with Crippen molar-refractivity contribution in [2.24, 2.45) is 0 Å².